The number of nitrogens with one attached hydrogen (secondary N) is 3. The molecule has 8 nitrogen and oxygen atoms in total. The molecule has 0 aliphatic carbocycles. The molecule has 0 fully saturated rings. The molecule has 0 aliphatic heterocycles. The Hall–Kier alpha value is -3.94. The molecule has 2 heterocycles. The van der Waals surface area contributed by atoms with Crippen molar-refractivity contribution in [1.82, 2.24) is 25.1 Å². The summed E-state index contributed by atoms with van der Waals surface area (Å²) in [5.74, 6) is -0.394. The van der Waals surface area contributed by atoms with E-state index in [9.17, 15) is 9.59 Å². The third-order valence-corrected chi connectivity index (χ3v) is 4.74. The van der Waals surface area contributed by atoms with Crippen molar-refractivity contribution in [3.05, 3.63) is 77.4 Å². The summed E-state index contributed by atoms with van der Waals surface area (Å²) in [5.41, 5.74) is 5.03. The van der Waals surface area contributed by atoms with Gasteiger partial charge in [-0.2, -0.15) is 5.10 Å². The second-order valence-electron chi connectivity index (χ2n) is 6.85. The van der Waals surface area contributed by atoms with E-state index >= 15 is 0 Å². The van der Waals surface area contributed by atoms with Gasteiger partial charge in [0.25, 0.3) is 11.8 Å². The molecule has 0 spiro atoms. The minimum atomic E-state index is -0.256. The molecule has 0 radical (unpaired) electrons. The molecule has 2 aromatic carbocycles. The zero-order chi connectivity index (χ0) is 20.4. The van der Waals surface area contributed by atoms with Crippen LogP contribution < -0.4 is 5.32 Å². The quantitative estimate of drug-likeness (QED) is 0.488. The van der Waals surface area contributed by atoms with E-state index in [2.05, 4.69) is 25.5 Å². The van der Waals surface area contributed by atoms with Crippen LogP contribution in [-0.2, 0) is 6.54 Å². The Morgan fingerprint density at radius 1 is 1.14 bits per heavy atom. The predicted octanol–water partition coefficient (Wildman–Crippen LogP) is 3.12. The van der Waals surface area contributed by atoms with E-state index < -0.39 is 0 Å². The number of aryl methyl sites for hydroxylation is 1. The standard InChI is InChI=1S/C21H20N6O2/c1-13-16(10-24-26-13)11-27(2)21(29)15-4-3-5-17(8-15)25-20(28)14-6-7-18-19(9-14)23-12-22-18/h3-10,12H,11H2,1-2H3,(H,22,23)(H,24,26)(H,25,28). The fourth-order valence-electron chi connectivity index (χ4n) is 3.09. The molecule has 2 aromatic heterocycles. The normalized spacial score (nSPS) is 10.8. The van der Waals surface area contributed by atoms with Gasteiger partial charge < -0.3 is 15.2 Å². The molecule has 29 heavy (non-hydrogen) atoms. The number of carbonyl (C=O) groups is 2. The second kappa shape index (κ2) is 7.59. The minimum absolute atomic E-state index is 0.138. The molecule has 2 amide bonds. The van der Waals surface area contributed by atoms with Crippen molar-refractivity contribution in [2.45, 2.75) is 13.5 Å². The largest absolute Gasteiger partial charge is 0.345 e. The number of amides is 2. The summed E-state index contributed by atoms with van der Waals surface area (Å²) in [6.45, 7) is 2.36. The first kappa shape index (κ1) is 18.4. The zero-order valence-electron chi connectivity index (χ0n) is 16.1. The number of aromatic nitrogens is 4. The van der Waals surface area contributed by atoms with Crippen molar-refractivity contribution in [3.8, 4) is 0 Å². The van der Waals surface area contributed by atoms with Crippen LogP contribution in [0.5, 0.6) is 0 Å². The monoisotopic (exact) mass is 388 g/mol. The lowest BCUT2D eigenvalue weighted by atomic mass is 10.1. The number of benzene rings is 2. The Morgan fingerprint density at radius 2 is 2.00 bits per heavy atom. The maximum atomic E-state index is 12.8. The summed E-state index contributed by atoms with van der Waals surface area (Å²) in [6, 6.07) is 12.2. The summed E-state index contributed by atoms with van der Waals surface area (Å²) >= 11 is 0. The number of hydrogen-bond acceptors (Lipinski definition) is 4. The topological polar surface area (TPSA) is 107 Å². The van der Waals surface area contributed by atoms with E-state index in [0.717, 1.165) is 22.3 Å². The Bertz CT molecular complexity index is 1190. The van der Waals surface area contributed by atoms with Crippen molar-refractivity contribution < 1.29 is 9.59 Å². The van der Waals surface area contributed by atoms with Crippen LogP contribution in [-0.4, -0.2) is 43.9 Å². The third kappa shape index (κ3) is 3.86. The van der Waals surface area contributed by atoms with Crippen LogP contribution in [0.2, 0.25) is 0 Å². The predicted molar refractivity (Wildman–Crippen MR) is 110 cm³/mol. The highest BCUT2D eigenvalue weighted by Crippen LogP contribution is 2.17. The first-order valence-electron chi connectivity index (χ1n) is 9.10. The lowest BCUT2D eigenvalue weighted by Gasteiger charge is -2.17. The smallest absolute Gasteiger partial charge is 0.255 e. The first-order valence-corrected chi connectivity index (χ1v) is 9.10. The number of H-pyrrole nitrogens is 2. The van der Waals surface area contributed by atoms with Crippen LogP contribution in [0.25, 0.3) is 11.0 Å². The molecule has 146 valence electrons. The van der Waals surface area contributed by atoms with Gasteiger partial charge in [-0.3, -0.25) is 14.7 Å². The number of rotatable bonds is 5. The van der Waals surface area contributed by atoms with Crippen molar-refractivity contribution in [2.24, 2.45) is 0 Å². The van der Waals surface area contributed by atoms with E-state index in [4.69, 9.17) is 0 Å². The maximum Gasteiger partial charge on any atom is 0.255 e. The molecule has 8 heteroatoms. The van der Waals surface area contributed by atoms with E-state index in [1.807, 2.05) is 6.92 Å². The Balaban J connectivity index is 1.48. The van der Waals surface area contributed by atoms with Crippen LogP contribution in [0, 0.1) is 6.92 Å². The van der Waals surface area contributed by atoms with Gasteiger partial charge in [0, 0.05) is 41.7 Å². The number of carbonyl (C=O) groups excluding carboxylic acids is 2. The van der Waals surface area contributed by atoms with Gasteiger partial charge in [0.1, 0.15) is 0 Å². The van der Waals surface area contributed by atoms with Crippen molar-refractivity contribution in [3.63, 3.8) is 0 Å². The molecule has 0 atom stereocenters. The fraction of sp³-hybridized carbons (Fsp3) is 0.143. The molecular weight excluding hydrogens is 368 g/mol. The molecule has 0 bridgehead atoms. The molecule has 3 N–H and O–H groups in total. The lowest BCUT2D eigenvalue weighted by Crippen LogP contribution is -2.26. The summed E-state index contributed by atoms with van der Waals surface area (Å²) in [6.07, 6.45) is 3.30. The third-order valence-electron chi connectivity index (χ3n) is 4.74. The highest BCUT2D eigenvalue weighted by atomic mass is 16.2. The molecule has 0 unspecified atom stereocenters. The van der Waals surface area contributed by atoms with Gasteiger partial charge in [0.15, 0.2) is 0 Å². The molecule has 0 saturated heterocycles. The summed E-state index contributed by atoms with van der Waals surface area (Å²) in [4.78, 5) is 34.1. The molecule has 0 aliphatic rings. The van der Waals surface area contributed by atoms with Crippen LogP contribution in [0.3, 0.4) is 0 Å². The van der Waals surface area contributed by atoms with Gasteiger partial charge in [-0.15, -0.1) is 0 Å². The number of anilines is 1. The maximum absolute atomic E-state index is 12.8. The fourth-order valence-corrected chi connectivity index (χ4v) is 3.09. The Kier molecular flexibility index (Phi) is 4.82. The number of hydrogen-bond donors (Lipinski definition) is 3. The molecule has 0 saturated carbocycles. The second-order valence-corrected chi connectivity index (χ2v) is 6.85. The van der Waals surface area contributed by atoms with Crippen LogP contribution in [0.4, 0.5) is 5.69 Å². The SMILES string of the molecule is Cc1[nH]ncc1CN(C)C(=O)c1cccc(NC(=O)c2ccc3nc[nH]c3c2)c1. The van der Waals surface area contributed by atoms with Gasteiger partial charge >= 0.3 is 0 Å². The number of aromatic amines is 2. The number of fused-ring (bicyclic) bond motifs is 1. The summed E-state index contributed by atoms with van der Waals surface area (Å²) < 4.78 is 0. The van der Waals surface area contributed by atoms with Crippen molar-refractivity contribution in [1.29, 1.82) is 0 Å². The Labute approximate surface area is 167 Å². The van der Waals surface area contributed by atoms with E-state index in [0.29, 0.717) is 23.4 Å². The zero-order valence-corrected chi connectivity index (χ0v) is 16.1. The summed E-state index contributed by atoms with van der Waals surface area (Å²) in [5, 5.41) is 9.69. The van der Waals surface area contributed by atoms with E-state index in [1.165, 1.54) is 0 Å². The van der Waals surface area contributed by atoms with E-state index in [-0.39, 0.29) is 11.8 Å². The van der Waals surface area contributed by atoms with Crippen LogP contribution in [0.1, 0.15) is 32.0 Å². The highest BCUT2D eigenvalue weighted by Gasteiger charge is 2.15. The molecule has 4 rings (SSSR count). The summed E-state index contributed by atoms with van der Waals surface area (Å²) in [7, 11) is 1.74. The molecule has 4 aromatic rings. The highest BCUT2D eigenvalue weighted by molar-refractivity contribution is 6.06. The number of nitrogens with zero attached hydrogens (tertiary/aromatic N) is 3. The van der Waals surface area contributed by atoms with Gasteiger partial charge in [-0.1, -0.05) is 6.07 Å². The first-order chi connectivity index (χ1) is 14.0. The van der Waals surface area contributed by atoms with Gasteiger partial charge in [-0.05, 0) is 43.3 Å². The van der Waals surface area contributed by atoms with Crippen LogP contribution >= 0.6 is 0 Å². The van der Waals surface area contributed by atoms with E-state index in [1.54, 1.807) is 66.9 Å². The number of imidazole rings is 1. The van der Waals surface area contributed by atoms with Crippen molar-refractivity contribution >= 4 is 28.5 Å². The van der Waals surface area contributed by atoms with Crippen molar-refractivity contribution in [2.75, 3.05) is 12.4 Å². The van der Waals surface area contributed by atoms with Gasteiger partial charge in [0.05, 0.1) is 23.6 Å². The molecular formula is C21H20N6O2. The average molecular weight is 388 g/mol. The minimum Gasteiger partial charge on any atom is -0.345 e. The van der Waals surface area contributed by atoms with Gasteiger partial charge in [-0.25, -0.2) is 4.98 Å². The average Bonchev–Trinajstić information content (AvgIpc) is 3.35. The van der Waals surface area contributed by atoms with Crippen LogP contribution in [0.15, 0.2) is 55.0 Å². The Morgan fingerprint density at radius 3 is 2.79 bits per heavy atom. The lowest BCUT2D eigenvalue weighted by molar-refractivity contribution is 0.0784. The van der Waals surface area contributed by atoms with Gasteiger partial charge in [0.2, 0.25) is 0 Å².